The van der Waals surface area contributed by atoms with Crippen LogP contribution in [0.1, 0.15) is 59.3 Å². The second kappa shape index (κ2) is 5.38. The summed E-state index contributed by atoms with van der Waals surface area (Å²) in [6.07, 6.45) is 1.35. The van der Waals surface area contributed by atoms with Gasteiger partial charge >= 0.3 is 6.09 Å². The van der Waals surface area contributed by atoms with E-state index in [1.54, 1.807) is 4.90 Å². The molecule has 2 rings (SSSR count). The van der Waals surface area contributed by atoms with Gasteiger partial charge in [-0.2, -0.15) is 0 Å². The highest BCUT2D eigenvalue weighted by atomic mass is 19.3. The van der Waals surface area contributed by atoms with E-state index in [9.17, 15) is 13.6 Å². The average Bonchev–Trinajstić information content (AvgIpc) is 2.81. The van der Waals surface area contributed by atoms with Gasteiger partial charge in [0.2, 0.25) is 5.92 Å². The van der Waals surface area contributed by atoms with Crippen LogP contribution in [0.15, 0.2) is 0 Å². The Morgan fingerprint density at radius 2 is 1.81 bits per heavy atom. The average molecular weight is 304 g/mol. The molecule has 0 aromatic rings. The van der Waals surface area contributed by atoms with Crippen LogP contribution >= 0.6 is 0 Å². The number of carbonyl (C=O) groups is 1. The number of halogens is 2. The van der Waals surface area contributed by atoms with Crippen LogP contribution in [-0.2, 0) is 4.74 Å². The standard InChI is InChI=1S/C15H26F2N2O2/c1-13(2,3)21-12(20)19-10-4-5-11(19)14(18)6-8-15(16,17)9-7-14/h11H,4-10,18H2,1-3H3. The summed E-state index contributed by atoms with van der Waals surface area (Å²) in [6, 6.07) is -0.191. The van der Waals surface area contributed by atoms with Crippen LogP contribution in [-0.4, -0.2) is 40.6 Å². The molecule has 21 heavy (non-hydrogen) atoms. The summed E-state index contributed by atoms with van der Waals surface area (Å²) < 4.78 is 32.1. The van der Waals surface area contributed by atoms with E-state index >= 15 is 0 Å². The molecule has 0 radical (unpaired) electrons. The molecule has 1 saturated heterocycles. The number of nitrogens with zero attached hydrogens (tertiary/aromatic N) is 1. The normalized spacial score (nSPS) is 28.5. The summed E-state index contributed by atoms with van der Waals surface area (Å²) in [5.74, 6) is -2.61. The Balaban J connectivity index is 2.06. The molecule has 1 aliphatic heterocycles. The van der Waals surface area contributed by atoms with Gasteiger partial charge in [0.15, 0.2) is 0 Å². The first-order valence-electron chi connectivity index (χ1n) is 7.69. The van der Waals surface area contributed by atoms with Crippen molar-refractivity contribution in [3.05, 3.63) is 0 Å². The SMILES string of the molecule is CC(C)(C)OC(=O)N1CCCC1C1(N)CCC(F)(F)CC1. The Bertz CT molecular complexity index is 397. The molecule has 1 atom stereocenters. The van der Waals surface area contributed by atoms with Crippen molar-refractivity contribution in [2.75, 3.05) is 6.54 Å². The summed E-state index contributed by atoms with van der Waals surface area (Å²) >= 11 is 0. The van der Waals surface area contributed by atoms with Gasteiger partial charge < -0.3 is 15.4 Å². The fourth-order valence-corrected chi connectivity index (χ4v) is 3.32. The quantitative estimate of drug-likeness (QED) is 0.808. The van der Waals surface area contributed by atoms with E-state index in [0.717, 1.165) is 12.8 Å². The van der Waals surface area contributed by atoms with E-state index in [1.807, 2.05) is 20.8 Å². The third-order valence-electron chi connectivity index (χ3n) is 4.46. The lowest BCUT2D eigenvalue weighted by Crippen LogP contribution is -2.60. The van der Waals surface area contributed by atoms with E-state index in [1.165, 1.54) is 0 Å². The van der Waals surface area contributed by atoms with Crippen molar-refractivity contribution in [1.82, 2.24) is 4.90 Å². The van der Waals surface area contributed by atoms with Gasteiger partial charge in [-0.05, 0) is 46.5 Å². The molecule has 0 bridgehead atoms. The van der Waals surface area contributed by atoms with E-state index in [4.69, 9.17) is 10.5 Å². The van der Waals surface area contributed by atoms with Gasteiger partial charge in [0, 0.05) is 24.9 Å². The Morgan fingerprint density at radius 1 is 1.24 bits per heavy atom. The zero-order valence-electron chi connectivity index (χ0n) is 13.1. The number of likely N-dealkylation sites (tertiary alicyclic amines) is 1. The fraction of sp³-hybridized carbons (Fsp3) is 0.933. The lowest BCUT2D eigenvalue weighted by atomic mass is 9.75. The minimum absolute atomic E-state index is 0.191. The van der Waals surface area contributed by atoms with Crippen LogP contribution in [0.3, 0.4) is 0 Å². The minimum atomic E-state index is -2.61. The largest absolute Gasteiger partial charge is 0.444 e. The first kappa shape index (κ1) is 16.5. The van der Waals surface area contributed by atoms with Crippen molar-refractivity contribution < 1.29 is 18.3 Å². The summed E-state index contributed by atoms with van der Waals surface area (Å²) in [6.45, 7) is 6.04. The molecule has 0 aromatic carbocycles. The molecule has 0 spiro atoms. The topological polar surface area (TPSA) is 55.6 Å². The van der Waals surface area contributed by atoms with Crippen molar-refractivity contribution >= 4 is 6.09 Å². The van der Waals surface area contributed by atoms with Gasteiger partial charge in [0.05, 0.1) is 6.04 Å². The number of ether oxygens (including phenoxy) is 1. The maximum absolute atomic E-state index is 13.4. The Morgan fingerprint density at radius 3 is 2.33 bits per heavy atom. The molecule has 4 nitrogen and oxygen atoms in total. The predicted octanol–water partition coefficient (Wildman–Crippen LogP) is 3.29. The third kappa shape index (κ3) is 3.84. The Labute approximate surface area is 125 Å². The predicted molar refractivity (Wildman–Crippen MR) is 76.3 cm³/mol. The highest BCUT2D eigenvalue weighted by Crippen LogP contribution is 2.42. The lowest BCUT2D eigenvalue weighted by Gasteiger charge is -2.44. The number of alkyl halides is 2. The van der Waals surface area contributed by atoms with E-state index in [-0.39, 0.29) is 37.8 Å². The van der Waals surface area contributed by atoms with Crippen LogP contribution in [0.4, 0.5) is 13.6 Å². The number of carbonyl (C=O) groups excluding carboxylic acids is 1. The molecule has 2 fully saturated rings. The molecule has 0 aromatic heterocycles. The first-order valence-corrected chi connectivity index (χ1v) is 7.69. The van der Waals surface area contributed by atoms with Gasteiger partial charge in [0.1, 0.15) is 5.60 Å². The first-order chi connectivity index (χ1) is 9.53. The number of hydrogen-bond donors (Lipinski definition) is 1. The summed E-state index contributed by atoms with van der Waals surface area (Å²) in [4.78, 5) is 13.9. The van der Waals surface area contributed by atoms with Gasteiger partial charge in [-0.15, -0.1) is 0 Å². The van der Waals surface area contributed by atoms with Crippen molar-refractivity contribution in [1.29, 1.82) is 0 Å². The number of nitrogens with two attached hydrogens (primary N) is 1. The van der Waals surface area contributed by atoms with Crippen molar-refractivity contribution in [2.24, 2.45) is 5.73 Å². The van der Waals surface area contributed by atoms with Gasteiger partial charge in [-0.1, -0.05) is 0 Å². The second-order valence-electron chi connectivity index (χ2n) is 7.42. The smallest absolute Gasteiger partial charge is 0.410 e. The summed E-state index contributed by atoms with van der Waals surface area (Å²) in [5, 5.41) is 0. The van der Waals surface area contributed by atoms with Crippen LogP contribution in [0.5, 0.6) is 0 Å². The molecule has 1 saturated carbocycles. The zero-order chi connectivity index (χ0) is 15.9. The third-order valence-corrected chi connectivity index (χ3v) is 4.46. The lowest BCUT2D eigenvalue weighted by molar-refractivity contribution is -0.0615. The molecular formula is C15H26F2N2O2. The second-order valence-corrected chi connectivity index (χ2v) is 7.42. The van der Waals surface area contributed by atoms with E-state index in [0.29, 0.717) is 6.54 Å². The van der Waals surface area contributed by atoms with Crippen LogP contribution in [0.25, 0.3) is 0 Å². The number of amides is 1. The fourth-order valence-electron chi connectivity index (χ4n) is 3.32. The van der Waals surface area contributed by atoms with Crippen LogP contribution in [0, 0.1) is 0 Å². The highest BCUT2D eigenvalue weighted by molar-refractivity contribution is 5.69. The van der Waals surface area contributed by atoms with Gasteiger partial charge in [-0.3, -0.25) is 0 Å². The molecule has 1 unspecified atom stereocenters. The Kier molecular flexibility index (Phi) is 4.21. The van der Waals surface area contributed by atoms with Crippen molar-refractivity contribution in [3.8, 4) is 0 Å². The highest BCUT2D eigenvalue weighted by Gasteiger charge is 2.49. The molecular weight excluding hydrogens is 278 g/mol. The molecule has 2 aliphatic rings. The summed E-state index contributed by atoms with van der Waals surface area (Å²) in [7, 11) is 0. The molecule has 2 N–H and O–H groups in total. The van der Waals surface area contributed by atoms with Gasteiger partial charge in [-0.25, -0.2) is 13.6 Å². The van der Waals surface area contributed by atoms with Gasteiger partial charge in [0.25, 0.3) is 0 Å². The minimum Gasteiger partial charge on any atom is -0.444 e. The molecule has 1 amide bonds. The Hall–Kier alpha value is -0.910. The zero-order valence-corrected chi connectivity index (χ0v) is 13.1. The molecule has 6 heteroatoms. The number of hydrogen-bond acceptors (Lipinski definition) is 3. The van der Waals surface area contributed by atoms with Crippen molar-refractivity contribution in [2.45, 2.75) is 82.4 Å². The maximum Gasteiger partial charge on any atom is 0.410 e. The maximum atomic E-state index is 13.4. The van der Waals surface area contributed by atoms with E-state index < -0.39 is 17.1 Å². The number of rotatable bonds is 1. The molecule has 1 aliphatic carbocycles. The molecule has 122 valence electrons. The molecule has 1 heterocycles. The van der Waals surface area contributed by atoms with E-state index in [2.05, 4.69) is 0 Å². The monoisotopic (exact) mass is 304 g/mol. The summed E-state index contributed by atoms with van der Waals surface area (Å²) in [5.41, 5.74) is 5.12. The van der Waals surface area contributed by atoms with Crippen LogP contribution in [0.2, 0.25) is 0 Å². The van der Waals surface area contributed by atoms with Crippen molar-refractivity contribution in [3.63, 3.8) is 0 Å². The van der Waals surface area contributed by atoms with Crippen LogP contribution < -0.4 is 5.73 Å².